The third kappa shape index (κ3) is 3.37. The monoisotopic (exact) mass is 312 g/mol. The predicted octanol–water partition coefficient (Wildman–Crippen LogP) is 3.56. The number of carboxylic acid groups (broad SMARTS) is 1. The molecule has 116 valence electrons. The van der Waals surface area contributed by atoms with Crippen molar-refractivity contribution in [2.75, 3.05) is 0 Å². The van der Waals surface area contributed by atoms with E-state index in [0.717, 1.165) is 5.56 Å². The van der Waals surface area contributed by atoms with Crippen LogP contribution >= 0.6 is 0 Å². The lowest BCUT2D eigenvalue weighted by Crippen LogP contribution is -2.11. The van der Waals surface area contributed by atoms with Gasteiger partial charge in [-0.3, -0.25) is 4.68 Å². The van der Waals surface area contributed by atoms with E-state index < -0.39 is 5.97 Å². The van der Waals surface area contributed by atoms with Crippen LogP contribution in [0, 0.1) is 5.82 Å². The molecule has 0 amide bonds. The fourth-order valence-electron chi connectivity index (χ4n) is 2.16. The van der Waals surface area contributed by atoms with Crippen molar-refractivity contribution in [3.05, 3.63) is 77.9 Å². The summed E-state index contributed by atoms with van der Waals surface area (Å²) >= 11 is 0. The van der Waals surface area contributed by atoms with E-state index in [1.165, 1.54) is 23.0 Å². The summed E-state index contributed by atoms with van der Waals surface area (Å²) in [5, 5.41) is 13.5. The average Bonchev–Trinajstić information content (AvgIpc) is 2.93. The van der Waals surface area contributed by atoms with Crippen molar-refractivity contribution < 1.29 is 19.0 Å². The largest absolute Gasteiger partial charge is 0.476 e. The van der Waals surface area contributed by atoms with E-state index in [2.05, 4.69) is 5.10 Å². The third-order valence-corrected chi connectivity index (χ3v) is 3.23. The minimum Gasteiger partial charge on any atom is -0.476 e. The van der Waals surface area contributed by atoms with Crippen molar-refractivity contribution >= 4 is 5.97 Å². The molecule has 0 saturated heterocycles. The summed E-state index contributed by atoms with van der Waals surface area (Å²) in [6.45, 7) is 0.208. The second-order valence-electron chi connectivity index (χ2n) is 4.86. The number of rotatable bonds is 5. The van der Waals surface area contributed by atoms with Crippen LogP contribution < -0.4 is 4.74 Å². The van der Waals surface area contributed by atoms with Crippen molar-refractivity contribution in [1.82, 2.24) is 9.78 Å². The highest BCUT2D eigenvalue weighted by molar-refractivity contribution is 5.89. The number of para-hydroxylation sites is 1. The van der Waals surface area contributed by atoms with Gasteiger partial charge in [0.25, 0.3) is 0 Å². The van der Waals surface area contributed by atoms with E-state index in [-0.39, 0.29) is 23.8 Å². The molecule has 1 N–H and O–H groups in total. The number of aromatic carboxylic acids is 1. The highest BCUT2D eigenvalue weighted by Gasteiger charge is 2.20. The van der Waals surface area contributed by atoms with Crippen LogP contribution in [0.2, 0.25) is 0 Å². The van der Waals surface area contributed by atoms with Gasteiger partial charge in [-0.15, -0.1) is 0 Å². The van der Waals surface area contributed by atoms with Crippen LogP contribution in [0.25, 0.3) is 0 Å². The van der Waals surface area contributed by atoms with Gasteiger partial charge in [0.1, 0.15) is 11.6 Å². The van der Waals surface area contributed by atoms with Crippen LogP contribution in [0.5, 0.6) is 11.5 Å². The zero-order valence-electron chi connectivity index (χ0n) is 12.0. The van der Waals surface area contributed by atoms with E-state index in [4.69, 9.17) is 4.74 Å². The van der Waals surface area contributed by atoms with Gasteiger partial charge in [-0.25, -0.2) is 9.18 Å². The van der Waals surface area contributed by atoms with Crippen LogP contribution in [0.1, 0.15) is 16.1 Å². The standard InChI is InChI=1S/C17H13FN2O3/c18-13-8-6-12(7-9-13)11-20-16(17(21)22)15(10-19-20)23-14-4-2-1-3-5-14/h1-10H,11H2,(H,21,22). The summed E-state index contributed by atoms with van der Waals surface area (Å²) in [5.41, 5.74) is 0.682. The lowest BCUT2D eigenvalue weighted by molar-refractivity contribution is 0.0681. The Labute approximate surface area is 131 Å². The fraction of sp³-hybridized carbons (Fsp3) is 0.0588. The maximum absolute atomic E-state index is 12.9. The third-order valence-electron chi connectivity index (χ3n) is 3.23. The fourth-order valence-corrected chi connectivity index (χ4v) is 2.16. The highest BCUT2D eigenvalue weighted by Crippen LogP contribution is 2.25. The van der Waals surface area contributed by atoms with E-state index in [1.54, 1.807) is 36.4 Å². The zero-order valence-corrected chi connectivity index (χ0v) is 12.0. The number of hydrogen-bond acceptors (Lipinski definition) is 3. The van der Waals surface area contributed by atoms with Gasteiger partial charge in [-0.1, -0.05) is 30.3 Å². The summed E-state index contributed by atoms with van der Waals surface area (Å²) in [6.07, 6.45) is 1.36. The quantitative estimate of drug-likeness (QED) is 0.782. The molecule has 0 saturated carbocycles. The Bertz CT molecular complexity index is 814. The maximum Gasteiger partial charge on any atom is 0.358 e. The topological polar surface area (TPSA) is 64.3 Å². The van der Waals surface area contributed by atoms with Crippen LogP contribution in [0.3, 0.4) is 0 Å². The molecular formula is C17H13FN2O3. The Morgan fingerprint density at radius 3 is 2.48 bits per heavy atom. The summed E-state index contributed by atoms with van der Waals surface area (Å²) in [7, 11) is 0. The Kier molecular flexibility index (Phi) is 4.05. The second kappa shape index (κ2) is 6.31. The first-order valence-corrected chi connectivity index (χ1v) is 6.90. The molecule has 6 heteroatoms. The molecule has 0 atom stereocenters. The smallest absolute Gasteiger partial charge is 0.358 e. The van der Waals surface area contributed by atoms with Gasteiger partial charge in [0, 0.05) is 0 Å². The van der Waals surface area contributed by atoms with Crippen molar-refractivity contribution in [1.29, 1.82) is 0 Å². The van der Waals surface area contributed by atoms with Crippen molar-refractivity contribution in [2.45, 2.75) is 6.54 Å². The second-order valence-corrected chi connectivity index (χ2v) is 4.86. The molecule has 1 aromatic heterocycles. The minimum absolute atomic E-state index is 0.0572. The molecule has 0 aliphatic heterocycles. The molecule has 0 unspecified atom stereocenters. The highest BCUT2D eigenvalue weighted by atomic mass is 19.1. The van der Waals surface area contributed by atoms with E-state index in [1.807, 2.05) is 6.07 Å². The van der Waals surface area contributed by atoms with Crippen LogP contribution in [-0.2, 0) is 6.54 Å². The number of nitrogens with zero attached hydrogens (tertiary/aromatic N) is 2. The number of benzene rings is 2. The first kappa shape index (κ1) is 14.8. The van der Waals surface area contributed by atoms with E-state index in [0.29, 0.717) is 5.75 Å². The zero-order chi connectivity index (χ0) is 16.2. The molecule has 1 heterocycles. The molecule has 3 aromatic rings. The number of halogens is 1. The molecule has 23 heavy (non-hydrogen) atoms. The Balaban J connectivity index is 1.89. The maximum atomic E-state index is 12.9. The van der Waals surface area contributed by atoms with Crippen molar-refractivity contribution in [3.63, 3.8) is 0 Å². The van der Waals surface area contributed by atoms with Crippen molar-refractivity contribution in [3.8, 4) is 11.5 Å². The van der Waals surface area contributed by atoms with Crippen LogP contribution in [0.4, 0.5) is 4.39 Å². The molecule has 5 nitrogen and oxygen atoms in total. The van der Waals surface area contributed by atoms with E-state index >= 15 is 0 Å². The SMILES string of the molecule is O=C(O)c1c(Oc2ccccc2)cnn1Cc1ccc(F)cc1. The summed E-state index contributed by atoms with van der Waals surface area (Å²) in [4.78, 5) is 11.5. The van der Waals surface area contributed by atoms with Gasteiger partial charge >= 0.3 is 5.97 Å². The van der Waals surface area contributed by atoms with Gasteiger partial charge < -0.3 is 9.84 Å². The first-order chi connectivity index (χ1) is 11.1. The predicted molar refractivity (Wildman–Crippen MR) is 81.2 cm³/mol. The average molecular weight is 312 g/mol. The Morgan fingerprint density at radius 1 is 1.13 bits per heavy atom. The Hall–Kier alpha value is -3.15. The van der Waals surface area contributed by atoms with Crippen molar-refractivity contribution in [2.24, 2.45) is 0 Å². The van der Waals surface area contributed by atoms with Gasteiger partial charge in [0.05, 0.1) is 12.7 Å². The molecule has 0 spiro atoms. The summed E-state index contributed by atoms with van der Waals surface area (Å²) in [6, 6.07) is 14.7. The van der Waals surface area contributed by atoms with Gasteiger partial charge in [0.2, 0.25) is 0 Å². The molecule has 3 rings (SSSR count). The molecular weight excluding hydrogens is 299 g/mol. The van der Waals surface area contributed by atoms with Gasteiger partial charge in [0.15, 0.2) is 11.4 Å². The normalized spacial score (nSPS) is 10.5. The summed E-state index contributed by atoms with van der Waals surface area (Å²) in [5.74, 6) is -0.807. The molecule has 0 aliphatic carbocycles. The minimum atomic E-state index is -1.14. The molecule has 0 radical (unpaired) electrons. The lowest BCUT2D eigenvalue weighted by atomic mass is 10.2. The first-order valence-electron chi connectivity index (χ1n) is 6.90. The molecule has 0 bridgehead atoms. The lowest BCUT2D eigenvalue weighted by Gasteiger charge is -2.07. The molecule has 2 aromatic carbocycles. The molecule has 0 fully saturated rings. The number of hydrogen-bond donors (Lipinski definition) is 1. The van der Waals surface area contributed by atoms with Gasteiger partial charge in [-0.2, -0.15) is 5.10 Å². The number of aromatic nitrogens is 2. The molecule has 0 aliphatic rings. The Morgan fingerprint density at radius 2 is 1.83 bits per heavy atom. The van der Waals surface area contributed by atoms with Crippen LogP contribution in [0.15, 0.2) is 60.8 Å². The number of ether oxygens (including phenoxy) is 1. The summed E-state index contributed by atoms with van der Waals surface area (Å²) < 4.78 is 19.8. The number of carboxylic acids is 1. The van der Waals surface area contributed by atoms with Crippen LogP contribution in [-0.4, -0.2) is 20.9 Å². The number of carbonyl (C=O) groups is 1. The van der Waals surface area contributed by atoms with Gasteiger partial charge in [-0.05, 0) is 29.8 Å². The van der Waals surface area contributed by atoms with E-state index in [9.17, 15) is 14.3 Å².